The second-order valence-electron chi connectivity index (χ2n) is 8.89. The number of benzene rings is 3. The van der Waals surface area contributed by atoms with E-state index in [4.69, 9.17) is 11.6 Å². The second-order valence-corrected chi connectivity index (χ2v) is 12.0. The molecule has 0 saturated carbocycles. The van der Waals surface area contributed by atoms with E-state index in [0.717, 1.165) is 33.7 Å². The van der Waals surface area contributed by atoms with Crippen LogP contribution in [-0.2, 0) is 21.0 Å². The summed E-state index contributed by atoms with van der Waals surface area (Å²) in [5, 5.41) is 3.37. The number of aromatic nitrogens is 1. The fraction of sp³-hybridized carbons (Fsp3) is 0.143. The van der Waals surface area contributed by atoms with E-state index >= 15 is 0 Å². The predicted octanol–water partition coefficient (Wildman–Crippen LogP) is 6.87. The lowest BCUT2D eigenvalue weighted by molar-refractivity contribution is -0.137. The molecule has 1 amide bonds. The summed E-state index contributed by atoms with van der Waals surface area (Å²) in [6.07, 6.45) is -3.43. The predicted molar refractivity (Wildman–Crippen MR) is 156 cm³/mol. The number of amides is 1. The Labute approximate surface area is 248 Å². The van der Waals surface area contributed by atoms with E-state index in [1.165, 1.54) is 30.5 Å². The number of halogens is 5. The highest BCUT2D eigenvalue weighted by atomic mass is 79.9. The van der Waals surface area contributed by atoms with Gasteiger partial charge in [-0.1, -0.05) is 41.9 Å². The monoisotopic (exact) mass is 666 g/mol. The third-order valence-electron chi connectivity index (χ3n) is 6.12. The molecular formula is C28H23BrClF3N4O3S. The van der Waals surface area contributed by atoms with E-state index in [1.807, 2.05) is 48.7 Å². The van der Waals surface area contributed by atoms with Crippen molar-refractivity contribution in [3.05, 3.63) is 111 Å². The topological polar surface area (TPSA) is 83.8 Å². The average Bonchev–Trinajstić information content (AvgIpc) is 3.20. The first kappa shape index (κ1) is 30.4. The number of carbonyl (C=O) groups excluding carboxylic acids is 1. The molecule has 0 atom stereocenters. The molecule has 214 valence electrons. The number of rotatable bonds is 8. The van der Waals surface area contributed by atoms with E-state index in [0.29, 0.717) is 15.9 Å². The van der Waals surface area contributed by atoms with Crippen LogP contribution in [0.2, 0.25) is 5.02 Å². The Morgan fingerprint density at radius 1 is 1.05 bits per heavy atom. The van der Waals surface area contributed by atoms with E-state index in [9.17, 15) is 26.4 Å². The van der Waals surface area contributed by atoms with Crippen molar-refractivity contribution in [1.29, 1.82) is 0 Å². The summed E-state index contributed by atoms with van der Waals surface area (Å²) in [6, 6.07) is 19.2. The van der Waals surface area contributed by atoms with Crippen molar-refractivity contribution in [2.75, 3.05) is 10.8 Å². The van der Waals surface area contributed by atoms with Crippen LogP contribution in [0.25, 0.3) is 5.69 Å². The number of nitrogens with one attached hydrogen (secondary N) is 1. The second kappa shape index (κ2) is 12.1. The molecule has 0 aliphatic rings. The molecule has 0 radical (unpaired) electrons. The van der Waals surface area contributed by atoms with Gasteiger partial charge in [0.05, 0.1) is 33.1 Å². The summed E-state index contributed by atoms with van der Waals surface area (Å²) < 4.78 is 71.0. The van der Waals surface area contributed by atoms with Gasteiger partial charge >= 0.3 is 6.18 Å². The molecule has 0 bridgehead atoms. The van der Waals surface area contributed by atoms with Gasteiger partial charge in [0.1, 0.15) is 6.54 Å². The highest BCUT2D eigenvalue weighted by molar-refractivity contribution is 9.10. The lowest BCUT2D eigenvalue weighted by Crippen LogP contribution is -2.39. The third-order valence-corrected chi connectivity index (χ3v) is 8.91. The summed E-state index contributed by atoms with van der Waals surface area (Å²) in [4.78, 5) is 12.7. The largest absolute Gasteiger partial charge is 0.417 e. The van der Waals surface area contributed by atoms with Crippen LogP contribution in [-0.4, -0.2) is 31.7 Å². The molecule has 1 N–H and O–H groups in total. The van der Waals surface area contributed by atoms with Crippen LogP contribution in [0, 0.1) is 13.8 Å². The van der Waals surface area contributed by atoms with Gasteiger partial charge in [-0.15, -0.1) is 0 Å². The maximum atomic E-state index is 13.5. The summed E-state index contributed by atoms with van der Waals surface area (Å²) in [5.41, 5.74) is 4.00. The molecule has 41 heavy (non-hydrogen) atoms. The van der Waals surface area contributed by atoms with Crippen molar-refractivity contribution >= 4 is 55.4 Å². The van der Waals surface area contributed by atoms with Gasteiger partial charge in [-0.2, -0.15) is 18.3 Å². The zero-order chi connectivity index (χ0) is 29.9. The third kappa shape index (κ3) is 6.66. The summed E-state index contributed by atoms with van der Waals surface area (Å²) in [6.45, 7) is 2.95. The van der Waals surface area contributed by atoms with E-state index in [2.05, 4.69) is 26.5 Å². The molecule has 0 aliphatic heterocycles. The molecule has 4 aromatic rings. The van der Waals surface area contributed by atoms with Gasteiger partial charge in [-0.25, -0.2) is 13.8 Å². The Bertz CT molecular complexity index is 1730. The van der Waals surface area contributed by atoms with Crippen LogP contribution in [0.3, 0.4) is 0 Å². The number of hydrogen-bond donors (Lipinski definition) is 1. The van der Waals surface area contributed by atoms with E-state index in [1.54, 1.807) is 6.07 Å². The molecular weight excluding hydrogens is 645 g/mol. The van der Waals surface area contributed by atoms with Gasteiger partial charge in [0, 0.05) is 21.4 Å². The molecule has 3 aromatic carbocycles. The van der Waals surface area contributed by atoms with Crippen molar-refractivity contribution < 1.29 is 26.4 Å². The quantitative estimate of drug-likeness (QED) is 0.164. The minimum Gasteiger partial charge on any atom is -0.317 e. The van der Waals surface area contributed by atoms with E-state index in [-0.39, 0.29) is 10.6 Å². The van der Waals surface area contributed by atoms with Crippen LogP contribution in [0.15, 0.2) is 93.3 Å². The maximum absolute atomic E-state index is 13.5. The van der Waals surface area contributed by atoms with E-state index < -0.39 is 39.2 Å². The molecule has 13 heteroatoms. The Morgan fingerprint density at radius 2 is 1.71 bits per heavy atom. The Hall–Kier alpha value is -3.61. The number of sulfonamides is 1. The maximum Gasteiger partial charge on any atom is 0.417 e. The van der Waals surface area contributed by atoms with Gasteiger partial charge in [-0.05, 0) is 78.3 Å². The van der Waals surface area contributed by atoms with Gasteiger partial charge in [0.25, 0.3) is 15.9 Å². The molecule has 0 spiro atoms. The standard InChI is InChI=1S/C28H23BrClF3N4O3S/c1-18-14-20(19(2)37(18)26-11-7-6-10-24(26)29)16-34-35-27(38)17-36(41(39,40)22-8-4-3-5-9-22)21-12-13-25(30)23(15-21)28(31,32)33/h3-16H,17H2,1-2H3,(H,35,38)/b34-16-. The minimum absolute atomic E-state index is 0.209. The van der Waals surface area contributed by atoms with Gasteiger partial charge in [0.2, 0.25) is 0 Å². The highest BCUT2D eigenvalue weighted by Crippen LogP contribution is 2.38. The van der Waals surface area contributed by atoms with Crippen LogP contribution < -0.4 is 9.73 Å². The SMILES string of the molecule is Cc1cc(/C=N\NC(=O)CN(c2ccc(Cl)c(C(F)(F)F)c2)S(=O)(=O)c2ccccc2)c(C)n1-c1ccccc1Br. The molecule has 4 rings (SSSR count). The van der Waals surface area contributed by atoms with Crippen LogP contribution in [0.4, 0.5) is 18.9 Å². The zero-order valence-corrected chi connectivity index (χ0v) is 24.8. The lowest BCUT2D eigenvalue weighted by atomic mass is 10.2. The number of nitrogens with zero attached hydrogens (tertiary/aromatic N) is 3. The smallest absolute Gasteiger partial charge is 0.317 e. The number of hydrogen-bond acceptors (Lipinski definition) is 4. The average molecular weight is 668 g/mol. The summed E-state index contributed by atoms with van der Waals surface area (Å²) in [7, 11) is -4.44. The molecule has 0 saturated heterocycles. The number of para-hydroxylation sites is 1. The number of carbonyl (C=O) groups is 1. The van der Waals surface area contributed by atoms with Crippen molar-refractivity contribution in [3.63, 3.8) is 0 Å². The first-order valence-corrected chi connectivity index (χ1v) is 14.6. The van der Waals surface area contributed by atoms with Gasteiger partial charge in [0.15, 0.2) is 0 Å². The Morgan fingerprint density at radius 3 is 2.37 bits per heavy atom. The van der Waals surface area contributed by atoms with Crippen LogP contribution >= 0.6 is 27.5 Å². The number of anilines is 1. The molecule has 0 aliphatic carbocycles. The normalized spacial score (nSPS) is 12.1. The number of aryl methyl sites for hydroxylation is 1. The Balaban J connectivity index is 1.62. The van der Waals surface area contributed by atoms with Crippen molar-refractivity contribution in [2.24, 2.45) is 5.10 Å². The molecule has 1 aromatic heterocycles. The minimum atomic E-state index is -4.84. The van der Waals surface area contributed by atoms with Gasteiger partial charge in [-0.3, -0.25) is 9.10 Å². The zero-order valence-electron chi connectivity index (χ0n) is 21.7. The van der Waals surface area contributed by atoms with Crippen LogP contribution in [0.1, 0.15) is 22.5 Å². The molecule has 7 nitrogen and oxygen atoms in total. The molecule has 0 fully saturated rings. The van der Waals surface area contributed by atoms with Crippen molar-refractivity contribution in [2.45, 2.75) is 24.9 Å². The van der Waals surface area contributed by atoms with Crippen LogP contribution in [0.5, 0.6) is 0 Å². The number of hydrazone groups is 1. The molecule has 1 heterocycles. The first-order chi connectivity index (χ1) is 19.3. The summed E-state index contributed by atoms with van der Waals surface area (Å²) >= 11 is 9.27. The Kier molecular flexibility index (Phi) is 8.95. The van der Waals surface area contributed by atoms with Crippen molar-refractivity contribution in [1.82, 2.24) is 9.99 Å². The lowest BCUT2D eigenvalue weighted by Gasteiger charge is -2.24. The fourth-order valence-electron chi connectivity index (χ4n) is 4.18. The van der Waals surface area contributed by atoms with Gasteiger partial charge < -0.3 is 4.57 Å². The molecule has 0 unspecified atom stereocenters. The summed E-state index contributed by atoms with van der Waals surface area (Å²) in [5.74, 6) is -0.871. The van der Waals surface area contributed by atoms with Crippen molar-refractivity contribution in [3.8, 4) is 5.69 Å². The number of alkyl halides is 3. The first-order valence-electron chi connectivity index (χ1n) is 12.0. The highest BCUT2D eigenvalue weighted by Gasteiger charge is 2.35. The fourth-order valence-corrected chi connectivity index (χ4v) is 6.30.